The summed E-state index contributed by atoms with van der Waals surface area (Å²) in [6.45, 7) is 2.20. The lowest BCUT2D eigenvalue weighted by Gasteiger charge is -2.20. The van der Waals surface area contributed by atoms with E-state index in [2.05, 4.69) is 25.6 Å². The van der Waals surface area contributed by atoms with E-state index in [0.29, 0.717) is 34.0 Å². The molecule has 0 aliphatic rings. The van der Waals surface area contributed by atoms with Crippen LogP contribution in [0.5, 0.6) is 0 Å². The monoisotopic (exact) mass is 451 g/mol. The molecule has 2 heterocycles. The Morgan fingerprint density at radius 3 is 2.83 bits per heavy atom. The number of nitrogens with one attached hydrogen (secondary N) is 2. The van der Waals surface area contributed by atoms with Gasteiger partial charge in [-0.3, -0.25) is 9.36 Å². The number of nitrogens with zero attached hydrogens (tertiary/aromatic N) is 4. The van der Waals surface area contributed by atoms with E-state index in [-0.39, 0.29) is 29.5 Å². The van der Waals surface area contributed by atoms with Crippen molar-refractivity contribution in [2.24, 2.45) is 0 Å². The van der Waals surface area contributed by atoms with Gasteiger partial charge in [0.25, 0.3) is 5.56 Å². The van der Waals surface area contributed by atoms with Crippen LogP contribution in [0.15, 0.2) is 29.3 Å². The molecule has 158 valence electrons. The number of aromatic nitrogens is 4. The second-order valence-corrected chi connectivity index (χ2v) is 7.22. The molecule has 0 radical (unpaired) electrons. The summed E-state index contributed by atoms with van der Waals surface area (Å²) in [4.78, 5) is 36.4. The predicted octanol–water partition coefficient (Wildman–Crippen LogP) is 2.91. The SMILES string of the molecule is CC(Nc1ncnc(N)c1Cl)c1nc2cccc(Cl)c2c(=O)n1CCCNC(=O)O. The van der Waals surface area contributed by atoms with Crippen LogP contribution in [0.2, 0.25) is 10.0 Å². The van der Waals surface area contributed by atoms with Crippen LogP contribution in [0, 0.1) is 0 Å². The van der Waals surface area contributed by atoms with Gasteiger partial charge >= 0.3 is 6.09 Å². The summed E-state index contributed by atoms with van der Waals surface area (Å²) in [6.07, 6.45) is 0.521. The third kappa shape index (κ3) is 4.55. The van der Waals surface area contributed by atoms with Crippen LogP contribution in [0.25, 0.3) is 10.9 Å². The second-order valence-electron chi connectivity index (χ2n) is 6.43. The maximum Gasteiger partial charge on any atom is 0.404 e. The van der Waals surface area contributed by atoms with Crippen molar-refractivity contribution in [2.45, 2.75) is 25.9 Å². The van der Waals surface area contributed by atoms with Crippen LogP contribution >= 0.6 is 23.2 Å². The Bertz CT molecular complexity index is 1150. The number of nitrogens with two attached hydrogens (primary N) is 1. The molecule has 30 heavy (non-hydrogen) atoms. The number of carboxylic acid groups (broad SMARTS) is 1. The van der Waals surface area contributed by atoms with Crippen molar-refractivity contribution < 1.29 is 9.90 Å². The van der Waals surface area contributed by atoms with Crippen molar-refractivity contribution in [2.75, 3.05) is 17.6 Å². The molecule has 0 aliphatic carbocycles. The number of hydrogen-bond donors (Lipinski definition) is 4. The van der Waals surface area contributed by atoms with Gasteiger partial charge in [0.15, 0.2) is 5.82 Å². The highest BCUT2D eigenvalue weighted by Gasteiger charge is 2.19. The van der Waals surface area contributed by atoms with Gasteiger partial charge in [-0.1, -0.05) is 29.3 Å². The lowest BCUT2D eigenvalue weighted by atomic mass is 10.2. The Morgan fingerprint density at radius 2 is 2.10 bits per heavy atom. The van der Waals surface area contributed by atoms with Gasteiger partial charge in [-0.15, -0.1) is 0 Å². The predicted molar refractivity (Wildman–Crippen MR) is 115 cm³/mol. The van der Waals surface area contributed by atoms with Gasteiger partial charge in [-0.2, -0.15) is 0 Å². The molecule has 0 spiro atoms. The van der Waals surface area contributed by atoms with Crippen LogP contribution in [0.1, 0.15) is 25.2 Å². The average Bonchev–Trinajstić information content (AvgIpc) is 2.69. The van der Waals surface area contributed by atoms with E-state index in [1.165, 1.54) is 10.9 Å². The number of halogens is 2. The molecule has 10 nitrogen and oxygen atoms in total. The first-order valence-electron chi connectivity index (χ1n) is 8.98. The summed E-state index contributed by atoms with van der Waals surface area (Å²) in [5.74, 6) is 0.839. The fraction of sp³-hybridized carbons (Fsp3) is 0.278. The zero-order valence-electron chi connectivity index (χ0n) is 15.9. The Balaban J connectivity index is 2.02. The van der Waals surface area contributed by atoms with Gasteiger partial charge in [-0.25, -0.2) is 19.7 Å². The van der Waals surface area contributed by atoms with Gasteiger partial charge in [-0.05, 0) is 25.5 Å². The Morgan fingerprint density at radius 1 is 1.33 bits per heavy atom. The number of carbonyl (C=O) groups is 1. The number of nitrogen functional groups attached to an aromatic ring is 1. The van der Waals surface area contributed by atoms with Crippen LogP contribution < -0.4 is 21.9 Å². The van der Waals surface area contributed by atoms with Gasteiger partial charge in [0, 0.05) is 13.1 Å². The molecular formula is C18H19Cl2N7O3. The second kappa shape index (κ2) is 9.14. The molecule has 0 bridgehead atoms. The minimum atomic E-state index is -1.13. The molecule has 12 heteroatoms. The van der Waals surface area contributed by atoms with Crippen molar-refractivity contribution in [3.63, 3.8) is 0 Å². The molecule has 1 amide bonds. The van der Waals surface area contributed by atoms with Crippen molar-refractivity contribution in [3.8, 4) is 0 Å². The minimum absolute atomic E-state index is 0.122. The zero-order valence-corrected chi connectivity index (χ0v) is 17.4. The lowest BCUT2D eigenvalue weighted by molar-refractivity contribution is 0.194. The minimum Gasteiger partial charge on any atom is -0.465 e. The first-order chi connectivity index (χ1) is 14.3. The molecule has 1 unspecified atom stereocenters. The van der Waals surface area contributed by atoms with E-state index in [9.17, 15) is 9.59 Å². The van der Waals surface area contributed by atoms with E-state index in [4.69, 9.17) is 34.0 Å². The Hall–Kier alpha value is -3.11. The maximum atomic E-state index is 13.2. The molecule has 2 aromatic heterocycles. The molecule has 0 aliphatic heterocycles. The normalized spacial score (nSPS) is 12.0. The maximum absolute atomic E-state index is 13.2. The number of amides is 1. The van der Waals surface area contributed by atoms with E-state index in [1.54, 1.807) is 25.1 Å². The quantitative estimate of drug-likeness (QED) is 0.400. The number of anilines is 2. The molecule has 0 saturated heterocycles. The summed E-state index contributed by atoms with van der Waals surface area (Å²) in [5, 5.41) is 14.9. The standard InChI is InChI=1S/C18H19Cl2N7O3/c1-9(25-15-13(20)14(21)23-8-24-15)16-26-11-5-2-4-10(19)12(11)17(28)27(16)7-3-6-22-18(29)30/h2,4-5,8-9,22H,3,6-7H2,1H3,(H,29,30)(H3,21,23,24,25). The number of rotatable bonds is 7. The summed E-state index contributed by atoms with van der Waals surface area (Å²) in [5.41, 5.74) is 5.85. The summed E-state index contributed by atoms with van der Waals surface area (Å²) in [6, 6.07) is 4.54. The summed E-state index contributed by atoms with van der Waals surface area (Å²) < 4.78 is 1.47. The van der Waals surface area contributed by atoms with Crippen molar-refractivity contribution in [1.29, 1.82) is 0 Å². The third-order valence-electron chi connectivity index (χ3n) is 4.35. The van der Waals surface area contributed by atoms with Crippen molar-refractivity contribution in [1.82, 2.24) is 24.8 Å². The average molecular weight is 452 g/mol. The van der Waals surface area contributed by atoms with Gasteiger partial charge in [0.2, 0.25) is 0 Å². The molecule has 0 fully saturated rings. The largest absolute Gasteiger partial charge is 0.465 e. The van der Waals surface area contributed by atoms with E-state index in [0.717, 1.165) is 0 Å². The van der Waals surface area contributed by atoms with Crippen LogP contribution in [0.3, 0.4) is 0 Å². The van der Waals surface area contributed by atoms with Gasteiger partial charge in [0.05, 0.1) is 22.0 Å². The van der Waals surface area contributed by atoms with Crippen LogP contribution in [-0.2, 0) is 6.54 Å². The summed E-state index contributed by atoms with van der Waals surface area (Å²) >= 11 is 12.4. The molecular weight excluding hydrogens is 433 g/mol. The fourth-order valence-electron chi connectivity index (χ4n) is 2.97. The molecule has 1 aromatic carbocycles. The Labute approximate surface area is 181 Å². The van der Waals surface area contributed by atoms with Gasteiger partial charge in [0.1, 0.15) is 23.0 Å². The third-order valence-corrected chi connectivity index (χ3v) is 5.04. The van der Waals surface area contributed by atoms with Gasteiger partial charge < -0.3 is 21.5 Å². The number of fused-ring (bicyclic) bond motifs is 1. The zero-order chi connectivity index (χ0) is 21.8. The number of benzene rings is 1. The van der Waals surface area contributed by atoms with E-state index in [1.807, 2.05) is 0 Å². The highest BCUT2D eigenvalue weighted by atomic mass is 35.5. The smallest absolute Gasteiger partial charge is 0.404 e. The van der Waals surface area contributed by atoms with E-state index >= 15 is 0 Å². The molecule has 0 saturated carbocycles. The fourth-order valence-corrected chi connectivity index (χ4v) is 3.38. The topological polar surface area (TPSA) is 148 Å². The molecule has 3 aromatic rings. The lowest BCUT2D eigenvalue weighted by Crippen LogP contribution is -2.31. The van der Waals surface area contributed by atoms with Crippen LogP contribution in [-0.4, -0.2) is 37.3 Å². The van der Waals surface area contributed by atoms with E-state index < -0.39 is 12.1 Å². The Kier molecular flexibility index (Phi) is 6.58. The first-order valence-corrected chi connectivity index (χ1v) is 9.73. The van der Waals surface area contributed by atoms with Crippen LogP contribution in [0.4, 0.5) is 16.4 Å². The van der Waals surface area contributed by atoms with Crippen molar-refractivity contribution in [3.05, 3.63) is 50.7 Å². The summed E-state index contributed by atoms with van der Waals surface area (Å²) in [7, 11) is 0. The van der Waals surface area contributed by atoms with Crippen molar-refractivity contribution >= 4 is 51.8 Å². The molecule has 1 atom stereocenters. The molecule has 3 rings (SSSR count). The highest BCUT2D eigenvalue weighted by molar-refractivity contribution is 6.35. The first kappa shape index (κ1) is 21.6. The molecule has 5 N–H and O–H groups in total. The number of hydrogen-bond acceptors (Lipinski definition) is 7. The highest BCUT2D eigenvalue weighted by Crippen LogP contribution is 2.27.